The maximum absolute atomic E-state index is 11.5. The fourth-order valence-electron chi connectivity index (χ4n) is 1.82. The van der Waals surface area contributed by atoms with Crippen molar-refractivity contribution in [3.8, 4) is 0 Å². The van der Waals surface area contributed by atoms with Crippen molar-refractivity contribution in [2.45, 2.75) is 27.7 Å². The molecule has 16 heavy (non-hydrogen) atoms. The molecule has 0 saturated heterocycles. The number of rotatable bonds is 8. The molecule has 2 N–H and O–H groups in total. The first kappa shape index (κ1) is 15.2. The Hall–Kier alpha value is -0.830. The molecular formula is C13H26N2O. The van der Waals surface area contributed by atoms with Gasteiger partial charge in [0.25, 0.3) is 0 Å². The normalized spacial score (nSPS) is 11.2. The largest absolute Gasteiger partial charge is 0.355 e. The van der Waals surface area contributed by atoms with E-state index in [2.05, 4.69) is 44.9 Å². The minimum Gasteiger partial charge on any atom is -0.355 e. The molecule has 1 amide bonds. The molecule has 0 bridgehead atoms. The van der Waals surface area contributed by atoms with Crippen LogP contribution in [0.25, 0.3) is 0 Å². The summed E-state index contributed by atoms with van der Waals surface area (Å²) in [5.41, 5.74) is 0. The van der Waals surface area contributed by atoms with Gasteiger partial charge in [0.1, 0.15) is 0 Å². The molecule has 0 saturated carbocycles. The molecule has 0 rings (SSSR count). The van der Waals surface area contributed by atoms with Gasteiger partial charge in [0.05, 0.1) is 6.54 Å². The van der Waals surface area contributed by atoms with Crippen molar-refractivity contribution in [2.75, 3.05) is 19.6 Å². The molecule has 0 aromatic rings. The molecule has 0 unspecified atom stereocenters. The van der Waals surface area contributed by atoms with Gasteiger partial charge in [-0.05, 0) is 17.8 Å². The number of nitrogens with one attached hydrogen (secondary N) is 2. The van der Waals surface area contributed by atoms with Crippen LogP contribution in [-0.2, 0) is 4.79 Å². The second kappa shape index (κ2) is 8.34. The van der Waals surface area contributed by atoms with Crippen molar-refractivity contribution in [1.29, 1.82) is 0 Å². The quantitative estimate of drug-likeness (QED) is 0.489. The van der Waals surface area contributed by atoms with Gasteiger partial charge in [0.2, 0.25) is 5.91 Å². The zero-order valence-corrected chi connectivity index (χ0v) is 11.0. The fraction of sp³-hybridized carbons (Fsp3) is 0.769. The second-order valence-corrected chi connectivity index (χ2v) is 4.88. The third-order valence-corrected chi connectivity index (χ3v) is 2.82. The van der Waals surface area contributed by atoms with Crippen LogP contribution in [0.4, 0.5) is 0 Å². The van der Waals surface area contributed by atoms with Crippen LogP contribution < -0.4 is 10.6 Å². The maximum atomic E-state index is 11.5. The Morgan fingerprint density at radius 1 is 1.25 bits per heavy atom. The third-order valence-electron chi connectivity index (χ3n) is 2.82. The van der Waals surface area contributed by atoms with Gasteiger partial charge in [0, 0.05) is 13.1 Å². The van der Waals surface area contributed by atoms with Crippen molar-refractivity contribution in [3.63, 3.8) is 0 Å². The molecule has 0 aliphatic carbocycles. The lowest BCUT2D eigenvalue weighted by molar-refractivity contribution is -0.120. The van der Waals surface area contributed by atoms with E-state index < -0.39 is 0 Å². The van der Waals surface area contributed by atoms with Gasteiger partial charge >= 0.3 is 0 Å². The zero-order chi connectivity index (χ0) is 12.6. The lowest BCUT2D eigenvalue weighted by atomic mass is 9.85. The monoisotopic (exact) mass is 226 g/mol. The fourth-order valence-corrected chi connectivity index (χ4v) is 1.82. The van der Waals surface area contributed by atoms with E-state index in [0.717, 1.165) is 6.54 Å². The molecule has 0 aliphatic heterocycles. The van der Waals surface area contributed by atoms with Gasteiger partial charge in [-0.1, -0.05) is 33.8 Å². The van der Waals surface area contributed by atoms with E-state index in [0.29, 0.717) is 30.8 Å². The Morgan fingerprint density at radius 2 is 1.81 bits per heavy atom. The Balaban J connectivity index is 3.83. The minimum absolute atomic E-state index is 0.0631. The van der Waals surface area contributed by atoms with E-state index in [1.54, 1.807) is 6.08 Å². The van der Waals surface area contributed by atoms with Crippen LogP contribution in [0, 0.1) is 17.8 Å². The van der Waals surface area contributed by atoms with Crippen LogP contribution in [0.15, 0.2) is 12.7 Å². The van der Waals surface area contributed by atoms with Crippen LogP contribution in [0.5, 0.6) is 0 Å². The highest BCUT2D eigenvalue weighted by Crippen LogP contribution is 2.19. The van der Waals surface area contributed by atoms with E-state index in [1.807, 2.05) is 0 Å². The molecule has 0 atom stereocenters. The minimum atomic E-state index is 0.0631. The first-order chi connectivity index (χ1) is 7.49. The molecule has 94 valence electrons. The maximum Gasteiger partial charge on any atom is 0.233 e. The van der Waals surface area contributed by atoms with Crippen LogP contribution in [-0.4, -0.2) is 25.5 Å². The summed E-state index contributed by atoms with van der Waals surface area (Å²) in [6.07, 6.45) is 1.75. The molecule has 0 spiro atoms. The molecule has 0 aromatic heterocycles. The van der Waals surface area contributed by atoms with Crippen molar-refractivity contribution in [1.82, 2.24) is 10.6 Å². The Morgan fingerprint density at radius 3 is 2.25 bits per heavy atom. The molecule has 3 nitrogen and oxygen atoms in total. The van der Waals surface area contributed by atoms with Gasteiger partial charge in [-0.25, -0.2) is 0 Å². The molecule has 0 aliphatic rings. The SMILES string of the molecule is C=CCNCC(=O)NCC(C(C)C)C(C)C. The molecule has 0 aromatic carbocycles. The molecule has 0 heterocycles. The zero-order valence-electron chi connectivity index (χ0n) is 11.0. The summed E-state index contributed by atoms with van der Waals surface area (Å²) in [5, 5.41) is 5.96. The van der Waals surface area contributed by atoms with E-state index in [1.165, 1.54) is 0 Å². The number of carbonyl (C=O) groups is 1. The summed E-state index contributed by atoms with van der Waals surface area (Å²) < 4.78 is 0. The number of carbonyl (C=O) groups excluding carboxylic acids is 1. The van der Waals surface area contributed by atoms with E-state index in [-0.39, 0.29) is 5.91 Å². The van der Waals surface area contributed by atoms with Gasteiger partial charge < -0.3 is 10.6 Å². The van der Waals surface area contributed by atoms with Crippen molar-refractivity contribution >= 4 is 5.91 Å². The van der Waals surface area contributed by atoms with E-state index in [4.69, 9.17) is 0 Å². The average molecular weight is 226 g/mol. The summed E-state index contributed by atoms with van der Waals surface area (Å²) in [7, 11) is 0. The topological polar surface area (TPSA) is 41.1 Å². The first-order valence-electron chi connectivity index (χ1n) is 6.07. The number of hydrogen-bond acceptors (Lipinski definition) is 2. The van der Waals surface area contributed by atoms with Crippen LogP contribution in [0.1, 0.15) is 27.7 Å². The summed E-state index contributed by atoms with van der Waals surface area (Å²) in [4.78, 5) is 11.5. The average Bonchev–Trinajstić information content (AvgIpc) is 2.17. The molecule has 0 radical (unpaired) electrons. The van der Waals surface area contributed by atoms with Gasteiger partial charge in [0.15, 0.2) is 0 Å². The highest BCUT2D eigenvalue weighted by Gasteiger charge is 2.17. The molecule has 3 heteroatoms. The standard InChI is InChI=1S/C13H26N2O/c1-6-7-14-9-13(16)15-8-12(10(2)3)11(4)5/h6,10-12,14H,1,7-9H2,2-5H3,(H,15,16). The Bertz CT molecular complexity index is 204. The Kier molecular flexibility index (Phi) is 7.90. The van der Waals surface area contributed by atoms with Gasteiger partial charge in [-0.2, -0.15) is 0 Å². The summed E-state index contributed by atoms with van der Waals surface area (Å²) in [6, 6.07) is 0. The summed E-state index contributed by atoms with van der Waals surface area (Å²) in [5.74, 6) is 1.80. The number of hydrogen-bond donors (Lipinski definition) is 2. The Labute approximate surface area is 99.7 Å². The van der Waals surface area contributed by atoms with E-state index in [9.17, 15) is 4.79 Å². The lowest BCUT2D eigenvalue weighted by Crippen LogP contribution is -2.38. The van der Waals surface area contributed by atoms with Crippen LogP contribution >= 0.6 is 0 Å². The third kappa shape index (κ3) is 6.62. The van der Waals surface area contributed by atoms with Crippen molar-refractivity contribution in [3.05, 3.63) is 12.7 Å². The summed E-state index contributed by atoms with van der Waals surface area (Å²) in [6.45, 7) is 14.2. The van der Waals surface area contributed by atoms with Crippen molar-refractivity contribution in [2.24, 2.45) is 17.8 Å². The van der Waals surface area contributed by atoms with Crippen molar-refractivity contribution < 1.29 is 4.79 Å². The van der Waals surface area contributed by atoms with Crippen LogP contribution in [0.3, 0.4) is 0 Å². The summed E-state index contributed by atoms with van der Waals surface area (Å²) >= 11 is 0. The molecular weight excluding hydrogens is 200 g/mol. The smallest absolute Gasteiger partial charge is 0.233 e. The number of amides is 1. The highest BCUT2D eigenvalue weighted by molar-refractivity contribution is 5.77. The van der Waals surface area contributed by atoms with Gasteiger partial charge in [-0.3, -0.25) is 4.79 Å². The first-order valence-corrected chi connectivity index (χ1v) is 6.07. The van der Waals surface area contributed by atoms with Crippen LogP contribution in [0.2, 0.25) is 0 Å². The molecule has 0 fully saturated rings. The highest BCUT2D eigenvalue weighted by atomic mass is 16.1. The van der Waals surface area contributed by atoms with Gasteiger partial charge in [-0.15, -0.1) is 6.58 Å². The second-order valence-electron chi connectivity index (χ2n) is 4.88. The predicted molar refractivity (Wildman–Crippen MR) is 69.2 cm³/mol. The lowest BCUT2D eigenvalue weighted by Gasteiger charge is -2.25. The predicted octanol–water partition coefficient (Wildman–Crippen LogP) is 1.81. The van der Waals surface area contributed by atoms with E-state index >= 15 is 0 Å².